The molecule has 1 unspecified atom stereocenters. The lowest BCUT2D eigenvalue weighted by molar-refractivity contribution is 0.101. The second-order valence-corrected chi connectivity index (χ2v) is 5.39. The lowest BCUT2D eigenvalue weighted by Gasteiger charge is -2.13. The van der Waals surface area contributed by atoms with Crippen molar-refractivity contribution in [1.82, 2.24) is 4.90 Å². The van der Waals surface area contributed by atoms with E-state index in [-0.39, 0.29) is 5.78 Å². The molecule has 1 aliphatic rings. The summed E-state index contributed by atoms with van der Waals surface area (Å²) < 4.78 is 1.07. The van der Waals surface area contributed by atoms with E-state index in [1.165, 1.54) is 12.0 Å². The predicted molar refractivity (Wildman–Crippen MR) is 69.0 cm³/mol. The van der Waals surface area contributed by atoms with Gasteiger partial charge in [-0.1, -0.05) is 28.1 Å². The molecule has 0 bridgehead atoms. The van der Waals surface area contributed by atoms with E-state index in [1.54, 1.807) is 6.92 Å². The molecule has 1 aliphatic heterocycles. The van der Waals surface area contributed by atoms with Crippen LogP contribution in [0.15, 0.2) is 22.7 Å². The molecule has 86 valence electrons. The summed E-state index contributed by atoms with van der Waals surface area (Å²) >= 11 is 3.57. The normalized spacial score (nSPS) is 21.3. The number of carbonyl (C=O) groups is 1. The highest BCUT2D eigenvalue weighted by Crippen LogP contribution is 2.32. The number of Topliss-reactive ketones (excluding diaryl/α,β-unsaturated/α-hetero) is 1. The molecule has 1 atom stereocenters. The zero-order chi connectivity index (χ0) is 11.7. The third-order valence-corrected chi connectivity index (χ3v) is 3.92. The summed E-state index contributed by atoms with van der Waals surface area (Å²) in [5, 5.41) is 0. The van der Waals surface area contributed by atoms with Gasteiger partial charge in [0.05, 0.1) is 0 Å². The van der Waals surface area contributed by atoms with Crippen molar-refractivity contribution in [3.8, 4) is 0 Å². The van der Waals surface area contributed by atoms with Crippen LogP contribution in [0.3, 0.4) is 0 Å². The topological polar surface area (TPSA) is 20.3 Å². The SMILES string of the molecule is CC(=O)c1ccc(C2CCN(C)C2)c(Br)c1. The molecule has 0 amide bonds. The highest BCUT2D eigenvalue weighted by molar-refractivity contribution is 9.10. The number of hydrogen-bond donors (Lipinski definition) is 0. The smallest absolute Gasteiger partial charge is 0.159 e. The van der Waals surface area contributed by atoms with Gasteiger partial charge in [-0.05, 0) is 44.5 Å². The highest BCUT2D eigenvalue weighted by Gasteiger charge is 2.22. The molecule has 0 saturated carbocycles. The first-order valence-corrected chi connectivity index (χ1v) is 6.36. The Morgan fingerprint density at radius 3 is 2.75 bits per heavy atom. The number of ketones is 1. The molecule has 0 aromatic heterocycles. The van der Waals surface area contributed by atoms with Gasteiger partial charge in [0.2, 0.25) is 0 Å². The van der Waals surface area contributed by atoms with E-state index in [4.69, 9.17) is 0 Å². The second kappa shape index (κ2) is 4.68. The maximum absolute atomic E-state index is 11.3. The lowest BCUT2D eigenvalue weighted by atomic mass is 9.97. The van der Waals surface area contributed by atoms with Crippen LogP contribution in [0.4, 0.5) is 0 Å². The van der Waals surface area contributed by atoms with Gasteiger partial charge in [-0.3, -0.25) is 4.79 Å². The van der Waals surface area contributed by atoms with Gasteiger partial charge in [0.25, 0.3) is 0 Å². The molecule has 2 rings (SSSR count). The minimum Gasteiger partial charge on any atom is -0.306 e. The third kappa shape index (κ3) is 2.36. The van der Waals surface area contributed by atoms with Crippen molar-refractivity contribution in [2.45, 2.75) is 19.3 Å². The van der Waals surface area contributed by atoms with Crippen LogP contribution < -0.4 is 0 Å². The monoisotopic (exact) mass is 281 g/mol. The molecule has 1 aromatic rings. The summed E-state index contributed by atoms with van der Waals surface area (Å²) in [4.78, 5) is 13.6. The Kier molecular flexibility index (Phi) is 3.45. The summed E-state index contributed by atoms with van der Waals surface area (Å²) in [5.41, 5.74) is 2.11. The number of nitrogens with zero attached hydrogens (tertiary/aromatic N) is 1. The number of hydrogen-bond acceptors (Lipinski definition) is 2. The van der Waals surface area contributed by atoms with Crippen molar-refractivity contribution < 1.29 is 4.79 Å². The van der Waals surface area contributed by atoms with E-state index in [0.717, 1.165) is 23.1 Å². The van der Waals surface area contributed by atoms with Gasteiger partial charge in [0, 0.05) is 16.6 Å². The van der Waals surface area contributed by atoms with Crippen molar-refractivity contribution in [2.24, 2.45) is 0 Å². The Morgan fingerprint density at radius 1 is 1.50 bits per heavy atom. The van der Waals surface area contributed by atoms with E-state index < -0.39 is 0 Å². The number of likely N-dealkylation sites (tertiary alicyclic amines) is 1. The molecule has 0 N–H and O–H groups in total. The highest BCUT2D eigenvalue weighted by atomic mass is 79.9. The van der Waals surface area contributed by atoms with Crippen molar-refractivity contribution in [1.29, 1.82) is 0 Å². The summed E-state index contributed by atoms with van der Waals surface area (Å²) in [6, 6.07) is 5.96. The lowest BCUT2D eigenvalue weighted by Crippen LogP contribution is -2.13. The van der Waals surface area contributed by atoms with Crippen LogP contribution in [0.25, 0.3) is 0 Å². The molecular weight excluding hydrogens is 266 g/mol. The Morgan fingerprint density at radius 2 is 2.25 bits per heavy atom. The van der Waals surface area contributed by atoms with Gasteiger partial charge < -0.3 is 4.90 Å². The summed E-state index contributed by atoms with van der Waals surface area (Å²) in [5.74, 6) is 0.719. The van der Waals surface area contributed by atoms with Crippen LogP contribution in [0.2, 0.25) is 0 Å². The summed E-state index contributed by atoms with van der Waals surface area (Å²) in [7, 11) is 2.15. The van der Waals surface area contributed by atoms with Gasteiger partial charge in [0.15, 0.2) is 5.78 Å². The standard InChI is InChI=1S/C13H16BrNO/c1-9(16)10-3-4-12(13(14)7-10)11-5-6-15(2)8-11/h3-4,7,11H,5-6,8H2,1-2H3. The van der Waals surface area contributed by atoms with Crippen molar-refractivity contribution in [2.75, 3.05) is 20.1 Å². The Hall–Kier alpha value is -0.670. The molecule has 3 heteroatoms. The van der Waals surface area contributed by atoms with E-state index in [0.29, 0.717) is 5.92 Å². The quantitative estimate of drug-likeness (QED) is 0.777. The zero-order valence-corrected chi connectivity index (χ0v) is 11.3. The van der Waals surface area contributed by atoms with Gasteiger partial charge in [0.1, 0.15) is 0 Å². The summed E-state index contributed by atoms with van der Waals surface area (Å²) in [6.07, 6.45) is 1.20. The largest absolute Gasteiger partial charge is 0.306 e. The Bertz CT molecular complexity index is 416. The first kappa shape index (κ1) is 11.8. The second-order valence-electron chi connectivity index (χ2n) is 4.54. The van der Waals surface area contributed by atoms with E-state index >= 15 is 0 Å². The van der Waals surface area contributed by atoms with Gasteiger partial charge >= 0.3 is 0 Å². The fourth-order valence-corrected chi connectivity index (χ4v) is 2.97. The number of halogens is 1. The molecule has 2 nitrogen and oxygen atoms in total. The number of likely N-dealkylation sites (N-methyl/N-ethyl adjacent to an activating group) is 1. The van der Waals surface area contributed by atoms with Crippen LogP contribution in [0.5, 0.6) is 0 Å². The molecule has 0 spiro atoms. The molecule has 1 saturated heterocycles. The van der Waals surface area contributed by atoms with Crippen molar-refractivity contribution in [3.63, 3.8) is 0 Å². The Balaban J connectivity index is 2.26. The zero-order valence-electron chi connectivity index (χ0n) is 9.66. The fraction of sp³-hybridized carbons (Fsp3) is 0.462. The first-order valence-electron chi connectivity index (χ1n) is 5.57. The summed E-state index contributed by atoms with van der Waals surface area (Å²) in [6.45, 7) is 3.87. The molecule has 16 heavy (non-hydrogen) atoms. The van der Waals surface area contributed by atoms with E-state index in [1.807, 2.05) is 12.1 Å². The molecule has 0 aliphatic carbocycles. The maximum atomic E-state index is 11.3. The minimum absolute atomic E-state index is 0.121. The molecule has 1 aromatic carbocycles. The minimum atomic E-state index is 0.121. The average molecular weight is 282 g/mol. The maximum Gasteiger partial charge on any atom is 0.159 e. The van der Waals surface area contributed by atoms with Crippen molar-refractivity contribution in [3.05, 3.63) is 33.8 Å². The van der Waals surface area contributed by atoms with E-state index in [9.17, 15) is 4.79 Å². The van der Waals surface area contributed by atoms with Gasteiger partial charge in [-0.15, -0.1) is 0 Å². The molecule has 0 radical (unpaired) electrons. The van der Waals surface area contributed by atoms with Crippen LogP contribution >= 0.6 is 15.9 Å². The predicted octanol–water partition coefficient (Wildman–Crippen LogP) is 3.07. The molecule has 1 fully saturated rings. The van der Waals surface area contributed by atoms with Crippen LogP contribution in [0.1, 0.15) is 35.2 Å². The fourth-order valence-electron chi connectivity index (χ4n) is 2.27. The third-order valence-electron chi connectivity index (χ3n) is 3.24. The molecular formula is C13H16BrNO. The number of carbonyl (C=O) groups excluding carboxylic acids is 1. The average Bonchev–Trinajstić information content (AvgIpc) is 2.64. The van der Waals surface area contributed by atoms with Crippen LogP contribution in [0, 0.1) is 0 Å². The van der Waals surface area contributed by atoms with Crippen LogP contribution in [-0.4, -0.2) is 30.8 Å². The van der Waals surface area contributed by atoms with Crippen LogP contribution in [-0.2, 0) is 0 Å². The van der Waals surface area contributed by atoms with E-state index in [2.05, 4.69) is 33.9 Å². The Labute approximate surface area is 105 Å². The van der Waals surface area contributed by atoms with Crippen molar-refractivity contribution >= 4 is 21.7 Å². The number of rotatable bonds is 2. The molecule has 1 heterocycles. The van der Waals surface area contributed by atoms with Gasteiger partial charge in [-0.25, -0.2) is 0 Å². The number of benzene rings is 1. The van der Waals surface area contributed by atoms with Gasteiger partial charge in [-0.2, -0.15) is 0 Å². The first-order chi connectivity index (χ1) is 7.58.